The minimum atomic E-state index is -0.961. The standard InChI is InChI=1S/C9H18O5/c1-2-14-8(9(11)12)4-7-13-6-3-5-10/h8,10H,2-7H2,1H3,(H,11,12). The molecule has 5 heteroatoms. The Morgan fingerprint density at radius 3 is 2.64 bits per heavy atom. The molecule has 0 spiro atoms. The van der Waals surface area contributed by atoms with E-state index in [9.17, 15) is 4.79 Å². The molecule has 2 N–H and O–H groups in total. The van der Waals surface area contributed by atoms with E-state index in [-0.39, 0.29) is 6.61 Å². The number of carbonyl (C=O) groups is 1. The quantitative estimate of drug-likeness (QED) is 0.529. The number of aliphatic carboxylic acids is 1. The van der Waals surface area contributed by atoms with Gasteiger partial charge in [0.25, 0.3) is 0 Å². The van der Waals surface area contributed by atoms with Gasteiger partial charge in [-0.05, 0) is 13.3 Å². The van der Waals surface area contributed by atoms with Gasteiger partial charge in [0.2, 0.25) is 0 Å². The number of aliphatic hydroxyl groups excluding tert-OH is 1. The van der Waals surface area contributed by atoms with Crippen LogP contribution in [0.1, 0.15) is 19.8 Å². The van der Waals surface area contributed by atoms with Crippen molar-refractivity contribution >= 4 is 5.97 Å². The SMILES string of the molecule is CCOC(CCOCCCO)C(=O)O. The molecule has 0 bridgehead atoms. The fourth-order valence-corrected chi connectivity index (χ4v) is 0.938. The lowest BCUT2D eigenvalue weighted by molar-refractivity contribution is -0.151. The Labute approximate surface area is 83.6 Å². The molecule has 1 unspecified atom stereocenters. The summed E-state index contributed by atoms with van der Waals surface area (Å²) in [6.45, 7) is 3.02. The third-order valence-electron chi connectivity index (χ3n) is 1.61. The van der Waals surface area contributed by atoms with Crippen LogP contribution in [-0.2, 0) is 14.3 Å². The van der Waals surface area contributed by atoms with Crippen molar-refractivity contribution in [2.45, 2.75) is 25.9 Å². The molecule has 1 atom stereocenters. The summed E-state index contributed by atoms with van der Waals surface area (Å²) < 4.78 is 10.1. The summed E-state index contributed by atoms with van der Waals surface area (Å²) in [6, 6.07) is 0. The van der Waals surface area contributed by atoms with Gasteiger partial charge in [-0.1, -0.05) is 0 Å². The van der Waals surface area contributed by atoms with Crippen LogP contribution in [0.3, 0.4) is 0 Å². The Hall–Kier alpha value is -0.650. The molecular formula is C9H18O5. The Kier molecular flexibility index (Phi) is 8.51. The lowest BCUT2D eigenvalue weighted by Gasteiger charge is -2.11. The zero-order chi connectivity index (χ0) is 10.8. The van der Waals surface area contributed by atoms with Crippen molar-refractivity contribution in [3.63, 3.8) is 0 Å². The summed E-state index contributed by atoms with van der Waals surface area (Å²) in [4.78, 5) is 10.6. The molecule has 14 heavy (non-hydrogen) atoms. The molecule has 5 nitrogen and oxygen atoms in total. The maximum Gasteiger partial charge on any atom is 0.332 e. The average Bonchev–Trinajstić information content (AvgIpc) is 2.15. The van der Waals surface area contributed by atoms with Crippen LogP contribution in [0.4, 0.5) is 0 Å². The highest BCUT2D eigenvalue weighted by Crippen LogP contribution is 1.99. The van der Waals surface area contributed by atoms with Gasteiger partial charge < -0.3 is 19.7 Å². The summed E-state index contributed by atoms with van der Waals surface area (Å²) in [5, 5.41) is 17.1. The highest BCUT2D eigenvalue weighted by molar-refractivity contribution is 5.72. The zero-order valence-corrected chi connectivity index (χ0v) is 8.44. The molecule has 0 radical (unpaired) electrons. The first kappa shape index (κ1) is 13.4. The second kappa shape index (κ2) is 8.93. The highest BCUT2D eigenvalue weighted by atomic mass is 16.5. The second-order valence-corrected chi connectivity index (χ2v) is 2.76. The van der Waals surface area contributed by atoms with Gasteiger partial charge in [0.15, 0.2) is 6.10 Å². The Morgan fingerprint density at radius 2 is 2.14 bits per heavy atom. The molecule has 0 aliphatic carbocycles. The number of rotatable bonds is 9. The number of hydrogen-bond donors (Lipinski definition) is 2. The second-order valence-electron chi connectivity index (χ2n) is 2.76. The fraction of sp³-hybridized carbons (Fsp3) is 0.889. The smallest absolute Gasteiger partial charge is 0.332 e. The van der Waals surface area contributed by atoms with E-state index in [2.05, 4.69) is 0 Å². The van der Waals surface area contributed by atoms with E-state index in [0.717, 1.165) is 0 Å². The van der Waals surface area contributed by atoms with E-state index < -0.39 is 12.1 Å². The van der Waals surface area contributed by atoms with Crippen molar-refractivity contribution < 1.29 is 24.5 Å². The molecule has 84 valence electrons. The molecular weight excluding hydrogens is 188 g/mol. The first-order valence-corrected chi connectivity index (χ1v) is 4.75. The van der Waals surface area contributed by atoms with E-state index in [1.807, 2.05) is 0 Å². The molecule has 0 heterocycles. The molecule has 0 aliphatic heterocycles. The molecule has 0 aromatic heterocycles. The van der Waals surface area contributed by atoms with Gasteiger partial charge in [0, 0.05) is 32.8 Å². The molecule has 0 aromatic rings. The van der Waals surface area contributed by atoms with Crippen LogP contribution in [0.2, 0.25) is 0 Å². The van der Waals surface area contributed by atoms with Crippen LogP contribution in [0.15, 0.2) is 0 Å². The topological polar surface area (TPSA) is 76.0 Å². The van der Waals surface area contributed by atoms with Crippen molar-refractivity contribution in [2.75, 3.05) is 26.4 Å². The Balaban J connectivity index is 3.46. The summed E-state index contributed by atoms with van der Waals surface area (Å²) in [5.41, 5.74) is 0. The van der Waals surface area contributed by atoms with Gasteiger partial charge in [0.05, 0.1) is 0 Å². The van der Waals surface area contributed by atoms with Gasteiger partial charge in [-0.15, -0.1) is 0 Å². The number of ether oxygens (including phenoxy) is 2. The molecule has 0 rings (SSSR count). The van der Waals surface area contributed by atoms with Crippen LogP contribution in [-0.4, -0.2) is 48.7 Å². The maximum atomic E-state index is 10.6. The molecule has 0 amide bonds. The van der Waals surface area contributed by atoms with Crippen molar-refractivity contribution in [3.8, 4) is 0 Å². The van der Waals surface area contributed by atoms with Crippen LogP contribution in [0.5, 0.6) is 0 Å². The van der Waals surface area contributed by atoms with Crippen LogP contribution in [0, 0.1) is 0 Å². The maximum absolute atomic E-state index is 10.6. The van der Waals surface area contributed by atoms with Crippen LogP contribution in [0.25, 0.3) is 0 Å². The first-order chi connectivity index (χ1) is 6.72. The van der Waals surface area contributed by atoms with E-state index in [1.54, 1.807) is 6.92 Å². The zero-order valence-electron chi connectivity index (χ0n) is 8.44. The summed E-state index contributed by atoms with van der Waals surface area (Å²) in [7, 11) is 0. The molecule has 0 saturated heterocycles. The van der Waals surface area contributed by atoms with Crippen molar-refractivity contribution in [3.05, 3.63) is 0 Å². The minimum absolute atomic E-state index is 0.0911. The van der Waals surface area contributed by atoms with Crippen molar-refractivity contribution in [1.82, 2.24) is 0 Å². The van der Waals surface area contributed by atoms with Gasteiger partial charge in [-0.3, -0.25) is 0 Å². The highest BCUT2D eigenvalue weighted by Gasteiger charge is 2.16. The van der Waals surface area contributed by atoms with E-state index >= 15 is 0 Å². The number of aliphatic hydroxyl groups is 1. The number of hydrogen-bond acceptors (Lipinski definition) is 4. The van der Waals surface area contributed by atoms with Gasteiger partial charge in [-0.25, -0.2) is 4.79 Å². The van der Waals surface area contributed by atoms with Crippen molar-refractivity contribution in [1.29, 1.82) is 0 Å². The average molecular weight is 206 g/mol. The number of carboxylic acids is 1. The summed E-state index contributed by atoms with van der Waals surface area (Å²) >= 11 is 0. The largest absolute Gasteiger partial charge is 0.479 e. The summed E-state index contributed by atoms with van der Waals surface area (Å²) in [5.74, 6) is -0.961. The Morgan fingerprint density at radius 1 is 1.43 bits per heavy atom. The normalized spacial score (nSPS) is 12.7. The Bertz CT molecular complexity index is 148. The molecule has 0 aromatic carbocycles. The number of carboxylic acid groups (broad SMARTS) is 1. The monoisotopic (exact) mass is 206 g/mol. The fourth-order valence-electron chi connectivity index (χ4n) is 0.938. The van der Waals surface area contributed by atoms with E-state index in [0.29, 0.717) is 32.7 Å². The van der Waals surface area contributed by atoms with Gasteiger partial charge >= 0.3 is 5.97 Å². The third kappa shape index (κ3) is 6.82. The van der Waals surface area contributed by atoms with E-state index in [1.165, 1.54) is 0 Å². The molecule has 0 aliphatic rings. The minimum Gasteiger partial charge on any atom is -0.479 e. The van der Waals surface area contributed by atoms with E-state index in [4.69, 9.17) is 19.7 Å². The van der Waals surface area contributed by atoms with Crippen LogP contribution >= 0.6 is 0 Å². The first-order valence-electron chi connectivity index (χ1n) is 4.75. The molecule has 0 fully saturated rings. The lowest BCUT2D eigenvalue weighted by atomic mass is 10.2. The third-order valence-corrected chi connectivity index (χ3v) is 1.61. The lowest BCUT2D eigenvalue weighted by Crippen LogP contribution is -2.25. The predicted octanol–water partition coefficient (Wildman–Crippen LogP) is 0.265. The van der Waals surface area contributed by atoms with Gasteiger partial charge in [0.1, 0.15) is 0 Å². The summed E-state index contributed by atoms with van der Waals surface area (Å²) in [6.07, 6.45) is 0.134. The van der Waals surface area contributed by atoms with Crippen LogP contribution < -0.4 is 0 Å². The van der Waals surface area contributed by atoms with Gasteiger partial charge in [-0.2, -0.15) is 0 Å². The predicted molar refractivity (Wildman–Crippen MR) is 50.2 cm³/mol. The van der Waals surface area contributed by atoms with Crippen molar-refractivity contribution in [2.24, 2.45) is 0 Å². The molecule has 0 saturated carbocycles.